The van der Waals surface area contributed by atoms with Gasteiger partial charge in [-0.05, 0) is 31.2 Å². The number of alkyl halides is 3. The molecule has 1 aliphatic rings. The van der Waals surface area contributed by atoms with E-state index in [0.29, 0.717) is 6.54 Å². The number of likely N-dealkylation sites (N-methyl/N-ethyl adjacent to an activating group) is 1. The van der Waals surface area contributed by atoms with Crippen LogP contribution >= 0.6 is 0 Å². The average molecular weight is 315 g/mol. The van der Waals surface area contributed by atoms with Crippen LogP contribution in [0.25, 0.3) is 0 Å². The summed E-state index contributed by atoms with van der Waals surface area (Å²) in [7, 11) is 1.71. The average Bonchev–Trinajstić information content (AvgIpc) is 2.85. The molecule has 0 aromatic heterocycles. The summed E-state index contributed by atoms with van der Waals surface area (Å²) in [4.78, 5) is 13.6. The number of carbonyl (C=O) groups excluding carboxylic acids is 1. The van der Waals surface area contributed by atoms with Crippen molar-refractivity contribution in [3.63, 3.8) is 0 Å². The highest BCUT2D eigenvalue weighted by Gasteiger charge is 2.30. The molecule has 2 N–H and O–H groups in total. The Morgan fingerprint density at radius 1 is 1.32 bits per heavy atom. The molecule has 7 heteroatoms. The van der Waals surface area contributed by atoms with Gasteiger partial charge in [-0.1, -0.05) is 12.1 Å². The first-order chi connectivity index (χ1) is 10.4. The molecule has 1 atom stereocenters. The maximum Gasteiger partial charge on any atom is 0.416 e. The molecule has 2 rings (SSSR count). The predicted molar refractivity (Wildman–Crippen MR) is 77.2 cm³/mol. The van der Waals surface area contributed by atoms with Crippen molar-refractivity contribution in [3.8, 4) is 0 Å². The number of amides is 1. The van der Waals surface area contributed by atoms with Crippen LogP contribution in [0.4, 0.5) is 13.2 Å². The first kappa shape index (κ1) is 16.8. The third kappa shape index (κ3) is 4.71. The van der Waals surface area contributed by atoms with Crippen molar-refractivity contribution in [2.75, 3.05) is 26.7 Å². The highest BCUT2D eigenvalue weighted by molar-refractivity contribution is 5.78. The Hall–Kier alpha value is -1.60. The van der Waals surface area contributed by atoms with E-state index in [9.17, 15) is 18.0 Å². The Kier molecular flexibility index (Phi) is 5.42. The summed E-state index contributed by atoms with van der Waals surface area (Å²) in [5.74, 6) is -0.0381. The van der Waals surface area contributed by atoms with E-state index in [1.165, 1.54) is 12.1 Å². The van der Waals surface area contributed by atoms with Crippen LogP contribution in [0.5, 0.6) is 0 Å². The van der Waals surface area contributed by atoms with Gasteiger partial charge in [-0.25, -0.2) is 0 Å². The van der Waals surface area contributed by atoms with Gasteiger partial charge in [-0.2, -0.15) is 13.2 Å². The molecule has 0 saturated carbocycles. The summed E-state index contributed by atoms with van der Waals surface area (Å²) in [5.41, 5.74) is 0.213. The fraction of sp³-hybridized carbons (Fsp3) is 0.533. The van der Waals surface area contributed by atoms with E-state index in [1.54, 1.807) is 7.05 Å². The molecule has 1 heterocycles. The highest BCUT2D eigenvalue weighted by atomic mass is 19.4. The number of nitrogens with zero attached hydrogens (tertiary/aromatic N) is 1. The smallest absolute Gasteiger partial charge is 0.351 e. The SMILES string of the molecule is CNCC(=O)NC1CCN(Cc2ccc(C(F)(F)F)cc2)C1. The molecule has 0 spiro atoms. The summed E-state index contributed by atoms with van der Waals surface area (Å²) < 4.78 is 37.5. The second kappa shape index (κ2) is 7.11. The Morgan fingerprint density at radius 2 is 2.00 bits per heavy atom. The molecule has 1 fully saturated rings. The summed E-state index contributed by atoms with van der Waals surface area (Å²) in [6.07, 6.45) is -3.44. The van der Waals surface area contributed by atoms with Gasteiger partial charge in [-0.3, -0.25) is 9.69 Å². The molecule has 1 saturated heterocycles. The van der Waals surface area contributed by atoms with Crippen molar-refractivity contribution in [1.82, 2.24) is 15.5 Å². The fourth-order valence-corrected chi connectivity index (χ4v) is 2.59. The Bertz CT molecular complexity index is 502. The van der Waals surface area contributed by atoms with Crippen molar-refractivity contribution < 1.29 is 18.0 Å². The zero-order valence-corrected chi connectivity index (χ0v) is 12.4. The molecule has 1 aromatic carbocycles. The number of halogens is 3. The lowest BCUT2D eigenvalue weighted by Crippen LogP contribution is -2.41. The number of rotatable bonds is 5. The van der Waals surface area contributed by atoms with E-state index in [-0.39, 0.29) is 18.5 Å². The first-order valence-electron chi connectivity index (χ1n) is 7.21. The summed E-state index contributed by atoms with van der Waals surface area (Å²) in [6, 6.07) is 5.34. The molecule has 0 aliphatic carbocycles. The number of benzene rings is 1. The topological polar surface area (TPSA) is 44.4 Å². The molecule has 122 valence electrons. The quantitative estimate of drug-likeness (QED) is 0.868. The van der Waals surface area contributed by atoms with Gasteiger partial charge in [0, 0.05) is 25.7 Å². The van der Waals surface area contributed by atoms with Gasteiger partial charge >= 0.3 is 6.18 Å². The van der Waals surface area contributed by atoms with Crippen LogP contribution < -0.4 is 10.6 Å². The fourth-order valence-electron chi connectivity index (χ4n) is 2.59. The van der Waals surface area contributed by atoms with Crippen LogP contribution in [-0.2, 0) is 17.5 Å². The van der Waals surface area contributed by atoms with Gasteiger partial charge in [0.25, 0.3) is 0 Å². The predicted octanol–water partition coefficient (Wildman–Crippen LogP) is 1.62. The van der Waals surface area contributed by atoms with Gasteiger partial charge in [0.15, 0.2) is 0 Å². The van der Waals surface area contributed by atoms with Crippen LogP contribution in [-0.4, -0.2) is 43.5 Å². The number of nitrogens with one attached hydrogen (secondary N) is 2. The van der Waals surface area contributed by atoms with E-state index in [4.69, 9.17) is 0 Å². The number of carbonyl (C=O) groups is 1. The van der Waals surface area contributed by atoms with E-state index in [1.807, 2.05) is 0 Å². The monoisotopic (exact) mass is 315 g/mol. The van der Waals surface area contributed by atoms with E-state index in [0.717, 1.165) is 37.2 Å². The Labute approximate surface area is 127 Å². The standard InChI is InChI=1S/C15H20F3N3O/c1-19-8-14(22)20-13-6-7-21(10-13)9-11-2-4-12(5-3-11)15(16,17)18/h2-5,13,19H,6-10H2,1H3,(H,20,22). The van der Waals surface area contributed by atoms with Crippen LogP contribution in [0.3, 0.4) is 0 Å². The van der Waals surface area contributed by atoms with E-state index < -0.39 is 11.7 Å². The molecule has 0 bridgehead atoms. The van der Waals surface area contributed by atoms with Gasteiger partial charge in [-0.15, -0.1) is 0 Å². The third-order valence-corrected chi connectivity index (χ3v) is 3.66. The zero-order valence-electron chi connectivity index (χ0n) is 12.4. The van der Waals surface area contributed by atoms with Crippen LogP contribution in [0, 0.1) is 0 Å². The number of hydrogen-bond acceptors (Lipinski definition) is 3. The lowest BCUT2D eigenvalue weighted by Gasteiger charge is -2.17. The van der Waals surface area contributed by atoms with Crippen molar-refractivity contribution in [2.45, 2.75) is 25.2 Å². The van der Waals surface area contributed by atoms with Crippen LogP contribution in [0.15, 0.2) is 24.3 Å². The zero-order chi connectivity index (χ0) is 16.2. The van der Waals surface area contributed by atoms with E-state index >= 15 is 0 Å². The number of likely N-dealkylation sites (tertiary alicyclic amines) is 1. The maximum atomic E-state index is 12.5. The van der Waals surface area contributed by atoms with Crippen LogP contribution in [0.1, 0.15) is 17.5 Å². The van der Waals surface area contributed by atoms with Crippen LogP contribution in [0.2, 0.25) is 0 Å². The minimum absolute atomic E-state index is 0.0381. The second-order valence-electron chi connectivity index (χ2n) is 5.51. The van der Waals surface area contributed by atoms with Gasteiger partial charge in [0.1, 0.15) is 0 Å². The normalized spacial score (nSPS) is 19.4. The molecule has 4 nitrogen and oxygen atoms in total. The second-order valence-corrected chi connectivity index (χ2v) is 5.51. The largest absolute Gasteiger partial charge is 0.416 e. The first-order valence-corrected chi connectivity index (χ1v) is 7.21. The summed E-state index contributed by atoms with van der Waals surface area (Å²) >= 11 is 0. The molecular formula is C15H20F3N3O. The lowest BCUT2D eigenvalue weighted by atomic mass is 10.1. The Balaban J connectivity index is 1.84. The number of hydrogen-bond donors (Lipinski definition) is 2. The minimum atomic E-state index is -4.30. The van der Waals surface area contributed by atoms with Crippen molar-refractivity contribution in [2.24, 2.45) is 0 Å². The third-order valence-electron chi connectivity index (χ3n) is 3.66. The van der Waals surface area contributed by atoms with Crippen molar-refractivity contribution >= 4 is 5.91 Å². The molecule has 1 aliphatic heterocycles. The summed E-state index contributed by atoms with van der Waals surface area (Å²) in [6.45, 7) is 2.42. The van der Waals surface area contributed by atoms with Crippen molar-refractivity contribution in [1.29, 1.82) is 0 Å². The maximum absolute atomic E-state index is 12.5. The van der Waals surface area contributed by atoms with Crippen molar-refractivity contribution in [3.05, 3.63) is 35.4 Å². The minimum Gasteiger partial charge on any atom is -0.351 e. The summed E-state index contributed by atoms with van der Waals surface area (Å²) in [5, 5.41) is 5.73. The Morgan fingerprint density at radius 3 is 2.59 bits per heavy atom. The van der Waals surface area contributed by atoms with Gasteiger partial charge < -0.3 is 10.6 Å². The lowest BCUT2D eigenvalue weighted by molar-refractivity contribution is -0.137. The van der Waals surface area contributed by atoms with E-state index in [2.05, 4.69) is 15.5 Å². The molecule has 1 unspecified atom stereocenters. The molecule has 1 amide bonds. The molecule has 22 heavy (non-hydrogen) atoms. The van der Waals surface area contributed by atoms with Gasteiger partial charge in [0.2, 0.25) is 5.91 Å². The van der Waals surface area contributed by atoms with Gasteiger partial charge in [0.05, 0.1) is 12.1 Å². The highest BCUT2D eigenvalue weighted by Crippen LogP contribution is 2.29. The molecule has 0 radical (unpaired) electrons. The molecular weight excluding hydrogens is 295 g/mol. The molecule has 1 aromatic rings.